The second kappa shape index (κ2) is 10.0. The lowest BCUT2D eigenvalue weighted by atomic mass is 9.82. The summed E-state index contributed by atoms with van der Waals surface area (Å²) in [6.45, 7) is 1.50. The molecule has 36 heavy (non-hydrogen) atoms. The molecule has 0 radical (unpaired) electrons. The number of likely N-dealkylation sites (tertiary alicyclic amines) is 1. The molecule has 2 atom stereocenters. The van der Waals surface area contributed by atoms with Gasteiger partial charge in [0.05, 0.1) is 10.9 Å². The van der Waals surface area contributed by atoms with Crippen molar-refractivity contribution in [3.63, 3.8) is 0 Å². The maximum atomic E-state index is 14.2. The van der Waals surface area contributed by atoms with Crippen LogP contribution in [-0.4, -0.2) is 42.7 Å². The van der Waals surface area contributed by atoms with E-state index in [1.54, 1.807) is 0 Å². The van der Waals surface area contributed by atoms with Crippen LogP contribution in [0.2, 0.25) is 5.02 Å². The van der Waals surface area contributed by atoms with Crippen LogP contribution in [0.5, 0.6) is 0 Å². The number of nitrogens with zero attached hydrogens (tertiary/aromatic N) is 2. The van der Waals surface area contributed by atoms with Crippen molar-refractivity contribution >= 4 is 27.5 Å². The molecule has 2 saturated heterocycles. The third-order valence-electron chi connectivity index (χ3n) is 8.04. The zero-order valence-electron chi connectivity index (χ0n) is 20.1. The molecule has 2 aliphatic heterocycles. The van der Waals surface area contributed by atoms with Crippen molar-refractivity contribution < 1.29 is 22.0 Å². The van der Waals surface area contributed by atoms with Gasteiger partial charge in [0.2, 0.25) is 15.9 Å². The number of rotatable bonds is 6. The van der Waals surface area contributed by atoms with Gasteiger partial charge in [-0.2, -0.15) is 4.31 Å². The lowest BCUT2D eigenvalue weighted by Crippen LogP contribution is -2.51. The highest BCUT2D eigenvalue weighted by molar-refractivity contribution is 7.89. The number of sulfonamides is 1. The standard InChI is InChI=1S/C27H31ClF2N2O3S/c28-20-7-9-23(10-8-20)36(34,35)32-24(19-15-21(29)17-22(30)16-19)5-4-6-25(32)27(11-12-27)18-26(33)31-13-2-1-3-14-31/h7-10,15-17,24-25H,1-6,11-14,18H2/t24-,25+/m0/s1. The number of benzene rings is 2. The minimum Gasteiger partial charge on any atom is -0.343 e. The van der Waals surface area contributed by atoms with Crippen molar-refractivity contribution in [2.45, 2.75) is 74.8 Å². The third-order valence-corrected chi connectivity index (χ3v) is 10.2. The van der Waals surface area contributed by atoms with E-state index in [0.717, 1.165) is 51.3 Å². The summed E-state index contributed by atoms with van der Waals surface area (Å²) in [5.74, 6) is -1.40. The number of hydrogen-bond donors (Lipinski definition) is 0. The van der Waals surface area contributed by atoms with Gasteiger partial charge in [0.1, 0.15) is 11.6 Å². The monoisotopic (exact) mass is 536 g/mol. The molecular formula is C27H31ClF2N2O3S. The van der Waals surface area contributed by atoms with E-state index >= 15 is 0 Å². The van der Waals surface area contributed by atoms with Crippen molar-refractivity contribution in [2.75, 3.05) is 13.1 Å². The topological polar surface area (TPSA) is 57.7 Å². The molecule has 9 heteroatoms. The average Bonchev–Trinajstić information content (AvgIpc) is 3.64. The first-order chi connectivity index (χ1) is 17.2. The molecule has 1 amide bonds. The van der Waals surface area contributed by atoms with Gasteiger partial charge >= 0.3 is 0 Å². The van der Waals surface area contributed by atoms with E-state index in [4.69, 9.17) is 11.6 Å². The van der Waals surface area contributed by atoms with Gasteiger partial charge < -0.3 is 4.90 Å². The van der Waals surface area contributed by atoms with E-state index in [-0.39, 0.29) is 10.8 Å². The Bertz CT molecular complexity index is 1210. The summed E-state index contributed by atoms with van der Waals surface area (Å²) in [5.41, 5.74) is -0.161. The SMILES string of the molecule is O=C(CC1([C@H]2CCC[C@@H](c3cc(F)cc(F)c3)N2S(=O)(=O)c2ccc(Cl)cc2)CC1)N1CCCCC1. The summed E-state index contributed by atoms with van der Waals surface area (Å²) in [5, 5.41) is 0.415. The first kappa shape index (κ1) is 25.6. The molecule has 2 aromatic rings. The number of halogens is 3. The van der Waals surface area contributed by atoms with Gasteiger partial charge in [-0.25, -0.2) is 17.2 Å². The minimum absolute atomic E-state index is 0.0787. The number of hydrogen-bond acceptors (Lipinski definition) is 3. The van der Waals surface area contributed by atoms with Crippen LogP contribution < -0.4 is 0 Å². The van der Waals surface area contributed by atoms with Crippen LogP contribution in [0.1, 0.15) is 69.4 Å². The molecular weight excluding hydrogens is 506 g/mol. The highest BCUT2D eigenvalue weighted by atomic mass is 35.5. The van der Waals surface area contributed by atoms with E-state index in [0.29, 0.717) is 36.3 Å². The van der Waals surface area contributed by atoms with Crippen LogP contribution in [0, 0.1) is 17.0 Å². The van der Waals surface area contributed by atoms with Crippen molar-refractivity contribution in [1.82, 2.24) is 9.21 Å². The summed E-state index contributed by atoms with van der Waals surface area (Å²) >= 11 is 6.02. The molecule has 5 rings (SSSR count). The highest BCUT2D eigenvalue weighted by Crippen LogP contribution is 2.58. The van der Waals surface area contributed by atoms with Gasteiger partial charge in [-0.15, -0.1) is 0 Å². The van der Waals surface area contributed by atoms with Gasteiger partial charge in [-0.05, 0) is 98.7 Å². The van der Waals surface area contributed by atoms with E-state index in [9.17, 15) is 22.0 Å². The summed E-state index contributed by atoms with van der Waals surface area (Å²) in [4.78, 5) is 15.2. The van der Waals surface area contributed by atoms with Crippen molar-refractivity contribution in [1.29, 1.82) is 0 Å². The van der Waals surface area contributed by atoms with Gasteiger partial charge in [0, 0.05) is 36.6 Å². The molecule has 2 aromatic carbocycles. The van der Waals surface area contributed by atoms with E-state index in [1.807, 2.05) is 4.90 Å². The third kappa shape index (κ3) is 5.04. The molecule has 5 nitrogen and oxygen atoms in total. The van der Waals surface area contributed by atoms with Gasteiger partial charge in [-0.3, -0.25) is 4.79 Å². The largest absolute Gasteiger partial charge is 0.343 e. The lowest BCUT2D eigenvalue weighted by Gasteiger charge is -2.45. The van der Waals surface area contributed by atoms with Gasteiger partial charge in [0.15, 0.2) is 0 Å². The molecule has 0 unspecified atom stereocenters. The van der Waals surface area contributed by atoms with E-state index < -0.39 is 39.2 Å². The van der Waals surface area contributed by atoms with Crippen LogP contribution in [0.4, 0.5) is 8.78 Å². The zero-order chi connectivity index (χ0) is 25.5. The summed E-state index contributed by atoms with van der Waals surface area (Å²) in [6.07, 6.45) is 6.68. The van der Waals surface area contributed by atoms with Crippen molar-refractivity contribution in [3.8, 4) is 0 Å². The normalized spacial score (nSPS) is 24.5. The molecule has 1 aliphatic carbocycles. The summed E-state index contributed by atoms with van der Waals surface area (Å²) < 4.78 is 58.2. The Kier molecular flexibility index (Phi) is 7.13. The maximum Gasteiger partial charge on any atom is 0.243 e. The summed E-state index contributed by atoms with van der Waals surface area (Å²) in [7, 11) is -4.05. The molecule has 2 heterocycles. The fraction of sp³-hybridized carbons (Fsp3) is 0.519. The van der Waals surface area contributed by atoms with Crippen LogP contribution in [0.25, 0.3) is 0 Å². The molecule has 0 spiro atoms. The first-order valence-corrected chi connectivity index (χ1v) is 14.5. The fourth-order valence-corrected chi connectivity index (χ4v) is 8.12. The van der Waals surface area contributed by atoms with Crippen molar-refractivity contribution in [2.24, 2.45) is 5.41 Å². The fourth-order valence-electron chi connectivity index (χ4n) is 6.04. The molecule has 3 fully saturated rings. The van der Waals surface area contributed by atoms with Crippen LogP contribution in [-0.2, 0) is 14.8 Å². The average molecular weight is 537 g/mol. The number of carbonyl (C=O) groups is 1. The van der Waals surface area contributed by atoms with Crippen molar-refractivity contribution in [3.05, 3.63) is 64.7 Å². The molecule has 0 N–H and O–H groups in total. The number of piperidine rings is 2. The first-order valence-electron chi connectivity index (χ1n) is 12.7. The molecule has 0 aromatic heterocycles. The van der Waals surface area contributed by atoms with E-state index in [2.05, 4.69) is 0 Å². The summed E-state index contributed by atoms with van der Waals surface area (Å²) in [6, 6.07) is 8.05. The quantitative estimate of drug-likeness (QED) is 0.449. The Morgan fingerprint density at radius 2 is 1.58 bits per heavy atom. The Hall–Kier alpha value is -2.03. The molecule has 3 aliphatic rings. The Labute approximate surface area is 216 Å². The van der Waals surface area contributed by atoms with Crippen LogP contribution in [0.3, 0.4) is 0 Å². The molecule has 0 bridgehead atoms. The van der Waals surface area contributed by atoms with Crippen LogP contribution >= 0.6 is 11.6 Å². The van der Waals surface area contributed by atoms with E-state index in [1.165, 1.54) is 40.7 Å². The second-order valence-corrected chi connectivity index (χ2v) is 12.7. The Balaban J connectivity index is 1.54. The maximum absolute atomic E-state index is 14.2. The molecule has 1 saturated carbocycles. The number of amides is 1. The Morgan fingerprint density at radius 1 is 0.944 bits per heavy atom. The highest BCUT2D eigenvalue weighted by Gasteiger charge is 2.57. The lowest BCUT2D eigenvalue weighted by molar-refractivity contribution is -0.134. The molecule has 194 valence electrons. The smallest absolute Gasteiger partial charge is 0.243 e. The second-order valence-electron chi connectivity index (χ2n) is 10.4. The minimum atomic E-state index is -4.05. The van der Waals surface area contributed by atoms with Gasteiger partial charge in [0.25, 0.3) is 0 Å². The predicted molar refractivity (Wildman–Crippen MR) is 134 cm³/mol. The number of carbonyl (C=O) groups excluding carboxylic acids is 1. The van der Waals surface area contributed by atoms with Gasteiger partial charge in [-0.1, -0.05) is 11.6 Å². The Morgan fingerprint density at radius 3 is 2.19 bits per heavy atom. The predicted octanol–water partition coefficient (Wildman–Crippen LogP) is 6.09. The van der Waals surface area contributed by atoms with Crippen LogP contribution in [0.15, 0.2) is 47.4 Å². The zero-order valence-corrected chi connectivity index (χ0v) is 21.7.